The van der Waals surface area contributed by atoms with Gasteiger partial charge < -0.3 is 10.5 Å². The Morgan fingerprint density at radius 1 is 1.11 bits per heavy atom. The number of benzene rings is 2. The maximum absolute atomic E-state index is 13.3. The average Bonchev–Trinajstić information content (AvgIpc) is 2.29. The Hall–Kier alpha value is -0.780. The topological polar surface area (TPSA) is 35.2 Å². The molecule has 2 rings (SSSR count). The lowest BCUT2D eigenvalue weighted by molar-refractivity contribution is 0.476. The zero-order valence-corrected chi connectivity index (χ0v) is 12.8. The zero-order chi connectivity index (χ0) is 13.3. The molecule has 0 bridgehead atoms. The molecule has 0 fully saturated rings. The van der Waals surface area contributed by atoms with Crippen LogP contribution in [0.5, 0.6) is 11.5 Å². The van der Waals surface area contributed by atoms with E-state index in [2.05, 4.69) is 31.9 Å². The number of rotatable bonds is 2. The van der Waals surface area contributed by atoms with Crippen molar-refractivity contribution in [1.29, 1.82) is 0 Å². The van der Waals surface area contributed by atoms with Crippen molar-refractivity contribution in [3.63, 3.8) is 0 Å². The first-order valence-electron chi connectivity index (χ1n) is 4.85. The molecule has 0 aliphatic carbocycles. The van der Waals surface area contributed by atoms with Gasteiger partial charge >= 0.3 is 0 Å². The van der Waals surface area contributed by atoms with Crippen molar-refractivity contribution in [2.24, 2.45) is 0 Å². The molecule has 0 saturated heterocycles. The van der Waals surface area contributed by atoms with E-state index in [4.69, 9.17) is 22.1 Å². The largest absolute Gasteiger partial charge is 0.454 e. The van der Waals surface area contributed by atoms with E-state index in [0.717, 1.165) is 15.0 Å². The SMILES string of the molecule is Nc1cc(Cl)c(F)cc1Oc1ccc(Br)cc1Br. The van der Waals surface area contributed by atoms with Crippen molar-refractivity contribution in [1.82, 2.24) is 0 Å². The van der Waals surface area contributed by atoms with Crippen LogP contribution in [0, 0.1) is 5.82 Å². The van der Waals surface area contributed by atoms with Gasteiger partial charge in [0.25, 0.3) is 0 Å². The molecule has 2 aromatic rings. The summed E-state index contributed by atoms with van der Waals surface area (Å²) in [5.41, 5.74) is 5.99. The summed E-state index contributed by atoms with van der Waals surface area (Å²) in [6.07, 6.45) is 0. The standard InChI is InChI=1S/C12H7Br2ClFNO/c13-6-1-2-11(7(14)3-6)18-12-5-9(16)8(15)4-10(12)17/h1-5H,17H2. The van der Waals surface area contributed by atoms with Crippen LogP contribution in [0.3, 0.4) is 0 Å². The van der Waals surface area contributed by atoms with Crippen molar-refractivity contribution in [2.75, 3.05) is 5.73 Å². The van der Waals surface area contributed by atoms with E-state index in [1.165, 1.54) is 6.07 Å². The van der Waals surface area contributed by atoms with Crippen molar-refractivity contribution in [3.05, 3.63) is 50.1 Å². The predicted octanol–water partition coefficient (Wildman–Crippen LogP) is 5.38. The molecular weight excluding hydrogens is 388 g/mol. The van der Waals surface area contributed by atoms with Gasteiger partial charge in [-0.25, -0.2) is 4.39 Å². The van der Waals surface area contributed by atoms with Crippen LogP contribution in [-0.4, -0.2) is 0 Å². The Labute approximate surface area is 125 Å². The normalized spacial score (nSPS) is 10.4. The second kappa shape index (κ2) is 5.47. The van der Waals surface area contributed by atoms with Crippen LogP contribution < -0.4 is 10.5 Å². The molecule has 0 unspecified atom stereocenters. The van der Waals surface area contributed by atoms with Gasteiger partial charge in [-0.2, -0.15) is 0 Å². The summed E-state index contributed by atoms with van der Waals surface area (Å²) < 4.78 is 20.5. The molecule has 0 amide bonds. The molecule has 0 aromatic heterocycles. The van der Waals surface area contributed by atoms with Crippen LogP contribution in [0.4, 0.5) is 10.1 Å². The summed E-state index contributed by atoms with van der Waals surface area (Å²) in [6, 6.07) is 7.84. The lowest BCUT2D eigenvalue weighted by Gasteiger charge is -2.11. The average molecular weight is 395 g/mol. The summed E-state index contributed by atoms with van der Waals surface area (Å²) in [6.45, 7) is 0. The van der Waals surface area contributed by atoms with E-state index in [-0.39, 0.29) is 16.5 Å². The molecule has 0 spiro atoms. The first kappa shape index (κ1) is 13.6. The molecule has 0 aliphatic heterocycles. The lowest BCUT2D eigenvalue weighted by Crippen LogP contribution is -1.94. The van der Waals surface area contributed by atoms with E-state index in [1.807, 2.05) is 12.1 Å². The highest BCUT2D eigenvalue weighted by Crippen LogP contribution is 2.36. The molecule has 6 heteroatoms. The second-order valence-corrected chi connectivity index (χ2v) is 5.66. The first-order valence-corrected chi connectivity index (χ1v) is 6.81. The van der Waals surface area contributed by atoms with Crippen molar-refractivity contribution in [2.45, 2.75) is 0 Å². The van der Waals surface area contributed by atoms with E-state index < -0.39 is 5.82 Å². The third-order valence-corrected chi connectivity index (χ3v) is 3.57. The summed E-state index contributed by atoms with van der Waals surface area (Å²) in [4.78, 5) is 0. The third kappa shape index (κ3) is 2.96. The number of ether oxygens (including phenoxy) is 1. The number of nitrogen functional groups attached to an aromatic ring is 1. The number of hydrogen-bond donors (Lipinski definition) is 1. The molecule has 2 N–H and O–H groups in total. The van der Waals surface area contributed by atoms with Crippen molar-refractivity contribution in [3.8, 4) is 11.5 Å². The van der Waals surface area contributed by atoms with Crippen LogP contribution >= 0.6 is 43.5 Å². The molecule has 0 radical (unpaired) electrons. The van der Waals surface area contributed by atoms with Gasteiger partial charge in [0.1, 0.15) is 11.6 Å². The van der Waals surface area contributed by atoms with Gasteiger partial charge in [0.15, 0.2) is 5.75 Å². The number of halogens is 4. The van der Waals surface area contributed by atoms with Crippen molar-refractivity contribution >= 4 is 49.1 Å². The minimum Gasteiger partial charge on any atom is -0.454 e. The fourth-order valence-corrected chi connectivity index (χ4v) is 2.61. The summed E-state index contributed by atoms with van der Waals surface area (Å²) >= 11 is 12.3. The Bertz CT molecular complexity index is 607. The van der Waals surface area contributed by atoms with Crippen LogP contribution in [0.15, 0.2) is 39.3 Å². The summed E-state index contributed by atoms with van der Waals surface area (Å²) in [5, 5.41) is -0.0327. The van der Waals surface area contributed by atoms with Crippen LogP contribution in [-0.2, 0) is 0 Å². The fraction of sp³-hybridized carbons (Fsp3) is 0. The van der Waals surface area contributed by atoms with Crippen LogP contribution in [0.1, 0.15) is 0 Å². The number of hydrogen-bond acceptors (Lipinski definition) is 2. The highest BCUT2D eigenvalue weighted by atomic mass is 79.9. The van der Waals surface area contributed by atoms with Gasteiger partial charge in [-0.3, -0.25) is 0 Å². The Kier molecular flexibility index (Phi) is 4.14. The molecule has 0 atom stereocenters. The van der Waals surface area contributed by atoms with E-state index in [1.54, 1.807) is 6.07 Å². The van der Waals surface area contributed by atoms with Gasteiger partial charge in [-0.15, -0.1) is 0 Å². The quantitative estimate of drug-likeness (QED) is 0.693. The number of anilines is 1. The summed E-state index contributed by atoms with van der Waals surface area (Å²) in [7, 11) is 0. The first-order chi connectivity index (χ1) is 8.47. The molecule has 94 valence electrons. The maximum Gasteiger partial charge on any atom is 0.153 e. The van der Waals surface area contributed by atoms with Crippen molar-refractivity contribution < 1.29 is 9.13 Å². The monoisotopic (exact) mass is 393 g/mol. The predicted molar refractivity (Wildman–Crippen MR) is 77.7 cm³/mol. The van der Waals surface area contributed by atoms with Gasteiger partial charge in [-0.1, -0.05) is 27.5 Å². The third-order valence-electron chi connectivity index (χ3n) is 2.17. The lowest BCUT2D eigenvalue weighted by atomic mass is 10.3. The molecular formula is C12H7Br2ClFNO. The molecule has 0 saturated carbocycles. The minimum atomic E-state index is -0.575. The maximum atomic E-state index is 13.3. The molecule has 0 heterocycles. The van der Waals surface area contributed by atoms with Gasteiger partial charge in [0, 0.05) is 10.5 Å². The Morgan fingerprint density at radius 3 is 2.50 bits per heavy atom. The van der Waals surface area contributed by atoms with Gasteiger partial charge in [0.2, 0.25) is 0 Å². The van der Waals surface area contributed by atoms with Crippen LogP contribution in [0.2, 0.25) is 5.02 Å². The zero-order valence-electron chi connectivity index (χ0n) is 8.88. The molecule has 18 heavy (non-hydrogen) atoms. The highest BCUT2D eigenvalue weighted by Gasteiger charge is 2.10. The minimum absolute atomic E-state index is 0.0327. The smallest absolute Gasteiger partial charge is 0.153 e. The summed E-state index contributed by atoms with van der Waals surface area (Å²) in [5.74, 6) is 0.181. The van der Waals surface area contributed by atoms with Crippen LogP contribution in [0.25, 0.3) is 0 Å². The number of nitrogens with two attached hydrogens (primary N) is 1. The van der Waals surface area contributed by atoms with E-state index in [0.29, 0.717) is 5.75 Å². The molecule has 0 aliphatic rings. The fourth-order valence-electron chi connectivity index (χ4n) is 1.31. The van der Waals surface area contributed by atoms with E-state index >= 15 is 0 Å². The van der Waals surface area contributed by atoms with Gasteiger partial charge in [-0.05, 0) is 40.2 Å². The Balaban J connectivity index is 2.37. The second-order valence-electron chi connectivity index (χ2n) is 3.48. The molecule has 2 aromatic carbocycles. The van der Waals surface area contributed by atoms with Gasteiger partial charge in [0.05, 0.1) is 15.2 Å². The Morgan fingerprint density at radius 2 is 1.83 bits per heavy atom. The highest BCUT2D eigenvalue weighted by molar-refractivity contribution is 9.11. The van der Waals surface area contributed by atoms with E-state index in [9.17, 15) is 4.39 Å². The molecule has 2 nitrogen and oxygen atoms in total.